The minimum atomic E-state index is -1.10. The third kappa shape index (κ3) is 5.50. The van der Waals surface area contributed by atoms with Crippen molar-refractivity contribution in [2.45, 2.75) is 41.5 Å². The number of carbonyl (C=O) groups excluding carboxylic acids is 2. The summed E-state index contributed by atoms with van der Waals surface area (Å²) >= 11 is 0. The van der Waals surface area contributed by atoms with Gasteiger partial charge in [-0.1, -0.05) is 24.3 Å². The molecule has 0 saturated heterocycles. The second-order valence-corrected chi connectivity index (χ2v) is 5.93. The van der Waals surface area contributed by atoms with Crippen molar-refractivity contribution in [2.75, 3.05) is 0 Å². The van der Waals surface area contributed by atoms with E-state index in [0.29, 0.717) is 0 Å². The summed E-state index contributed by atoms with van der Waals surface area (Å²) in [5.74, 6) is -2.20. The Morgan fingerprint density at radius 1 is 0.600 bits per heavy atom. The Morgan fingerprint density at radius 2 is 0.880 bits per heavy atom. The van der Waals surface area contributed by atoms with Crippen molar-refractivity contribution < 1.29 is 39.3 Å². The number of benzene rings is 2. The van der Waals surface area contributed by atoms with Gasteiger partial charge < -0.3 is 19.8 Å². The Kier molecular flexibility index (Phi) is 8.72. The molecule has 0 bridgehead atoms. The number of hydrogen-bond donors (Lipinski definition) is 0. The molecule has 0 aliphatic carbocycles. The zero-order valence-corrected chi connectivity index (χ0v) is 18.6. The molecule has 0 aromatic heterocycles. The molecule has 2 aromatic carbocycles. The first-order valence-corrected chi connectivity index (χ1v) is 7.64. The molecule has 2 aromatic rings. The van der Waals surface area contributed by atoms with E-state index in [4.69, 9.17) is 0 Å². The van der Waals surface area contributed by atoms with Gasteiger partial charge in [-0.3, -0.25) is 0 Å². The molecule has 0 N–H and O–H groups in total. The van der Waals surface area contributed by atoms with Crippen LogP contribution in [0.1, 0.15) is 54.1 Å². The molecule has 2 rings (SSSR count). The van der Waals surface area contributed by atoms with Crippen LogP contribution in [0.15, 0.2) is 24.3 Å². The van der Waals surface area contributed by atoms with E-state index in [9.17, 15) is 19.8 Å². The van der Waals surface area contributed by atoms with Gasteiger partial charge in [-0.15, -0.1) is 0 Å². The van der Waals surface area contributed by atoms with Crippen molar-refractivity contribution in [3.8, 4) is 0 Å². The third-order valence-corrected chi connectivity index (χ3v) is 4.56. The van der Waals surface area contributed by atoms with E-state index in [0.717, 1.165) is 33.4 Å². The molecule has 0 aliphatic rings. The van der Waals surface area contributed by atoms with Gasteiger partial charge in [-0.05, 0) is 74.9 Å². The molecular formula is C20H22O4Zn. The summed E-state index contributed by atoms with van der Waals surface area (Å²) in [6.45, 7) is 11.3. The van der Waals surface area contributed by atoms with Gasteiger partial charge in [0.15, 0.2) is 0 Å². The minimum Gasteiger partial charge on any atom is -0.545 e. The molecule has 0 atom stereocenters. The summed E-state index contributed by atoms with van der Waals surface area (Å²) in [4.78, 5) is 21.1. The van der Waals surface area contributed by atoms with Crippen LogP contribution in [0.25, 0.3) is 0 Å². The average Bonchev–Trinajstić information content (AvgIpc) is 2.50. The zero-order valence-electron chi connectivity index (χ0n) is 15.6. The fourth-order valence-corrected chi connectivity index (χ4v) is 2.35. The fraction of sp³-hybridized carbons (Fsp3) is 0.300. The van der Waals surface area contributed by atoms with Crippen LogP contribution in [-0.4, -0.2) is 11.9 Å². The Hall–Kier alpha value is -2.00. The standard InChI is InChI=1S/2C10H12O2.Zn/c2*1-6-4-5-9(10(11)12)8(3)7(6)2;/h2*4-5H,1-3H3,(H,11,12);/q;;+2/p-2. The van der Waals surface area contributed by atoms with Gasteiger partial charge in [0.05, 0.1) is 11.9 Å². The quantitative estimate of drug-likeness (QED) is 0.733. The van der Waals surface area contributed by atoms with Crippen molar-refractivity contribution >= 4 is 11.9 Å². The molecule has 0 fully saturated rings. The van der Waals surface area contributed by atoms with Gasteiger partial charge in [0, 0.05) is 11.1 Å². The van der Waals surface area contributed by atoms with Crippen molar-refractivity contribution in [3.63, 3.8) is 0 Å². The second-order valence-electron chi connectivity index (χ2n) is 5.93. The maximum Gasteiger partial charge on any atom is 2.00 e. The molecule has 128 valence electrons. The van der Waals surface area contributed by atoms with Gasteiger partial charge in [0.2, 0.25) is 0 Å². The van der Waals surface area contributed by atoms with Gasteiger partial charge in [0.25, 0.3) is 0 Å². The normalized spacial score (nSPS) is 9.52. The SMILES string of the molecule is Cc1ccc(C(=O)[O-])c(C)c1C.Cc1ccc(C(=O)[O-])c(C)c1C.[Zn+2]. The van der Waals surface area contributed by atoms with Gasteiger partial charge in [-0.2, -0.15) is 0 Å². The maximum absolute atomic E-state index is 10.6. The second kappa shape index (κ2) is 9.48. The first kappa shape index (κ1) is 23.0. The Morgan fingerprint density at radius 3 is 1.12 bits per heavy atom. The maximum atomic E-state index is 10.6. The van der Waals surface area contributed by atoms with Crippen molar-refractivity contribution in [3.05, 3.63) is 68.8 Å². The summed E-state index contributed by atoms with van der Waals surface area (Å²) < 4.78 is 0. The summed E-state index contributed by atoms with van der Waals surface area (Å²) in [6, 6.07) is 6.78. The van der Waals surface area contributed by atoms with Gasteiger partial charge in [-0.25, -0.2) is 0 Å². The Labute approximate surface area is 161 Å². The van der Waals surface area contributed by atoms with E-state index < -0.39 is 11.9 Å². The van der Waals surface area contributed by atoms with Crippen LogP contribution in [0, 0.1) is 41.5 Å². The fourth-order valence-electron chi connectivity index (χ4n) is 2.35. The average molecular weight is 392 g/mol. The number of hydrogen-bond acceptors (Lipinski definition) is 4. The predicted octanol–water partition coefficient (Wildman–Crippen LogP) is 1.95. The number of aromatic carboxylic acids is 2. The molecule has 5 heteroatoms. The smallest absolute Gasteiger partial charge is 0.545 e. The molecule has 0 aliphatic heterocycles. The number of aryl methyl sites for hydroxylation is 2. The molecule has 0 spiro atoms. The summed E-state index contributed by atoms with van der Waals surface area (Å²) in [5, 5.41) is 21.1. The number of carboxylic acid groups (broad SMARTS) is 2. The Bertz CT molecular complexity index is 727. The zero-order chi connectivity index (χ0) is 18.6. The molecule has 25 heavy (non-hydrogen) atoms. The first-order valence-electron chi connectivity index (χ1n) is 7.64. The van der Waals surface area contributed by atoms with Crippen LogP contribution >= 0.6 is 0 Å². The van der Waals surface area contributed by atoms with Crippen molar-refractivity contribution in [1.29, 1.82) is 0 Å². The summed E-state index contributed by atoms with van der Waals surface area (Å²) in [6.07, 6.45) is 0. The van der Waals surface area contributed by atoms with Crippen LogP contribution in [0.5, 0.6) is 0 Å². The summed E-state index contributed by atoms with van der Waals surface area (Å²) in [5.41, 5.74) is 6.45. The third-order valence-electron chi connectivity index (χ3n) is 4.56. The predicted molar refractivity (Wildman–Crippen MR) is 90.0 cm³/mol. The van der Waals surface area contributed by atoms with E-state index in [-0.39, 0.29) is 30.6 Å². The van der Waals surface area contributed by atoms with Crippen LogP contribution in [-0.2, 0) is 19.5 Å². The number of carboxylic acids is 2. The van der Waals surface area contributed by atoms with E-state index in [1.165, 1.54) is 0 Å². The number of rotatable bonds is 2. The van der Waals surface area contributed by atoms with Crippen LogP contribution < -0.4 is 10.2 Å². The van der Waals surface area contributed by atoms with Crippen molar-refractivity contribution in [1.82, 2.24) is 0 Å². The van der Waals surface area contributed by atoms with E-state index in [1.54, 1.807) is 38.1 Å². The molecular weight excluding hydrogens is 370 g/mol. The van der Waals surface area contributed by atoms with Gasteiger partial charge >= 0.3 is 19.5 Å². The number of carbonyl (C=O) groups is 2. The van der Waals surface area contributed by atoms with E-state index >= 15 is 0 Å². The molecule has 0 amide bonds. The monoisotopic (exact) mass is 390 g/mol. The molecule has 4 nitrogen and oxygen atoms in total. The topological polar surface area (TPSA) is 80.3 Å². The van der Waals surface area contributed by atoms with Crippen LogP contribution in [0.4, 0.5) is 0 Å². The first-order chi connectivity index (χ1) is 11.1. The molecule has 0 unspecified atom stereocenters. The largest absolute Gasteiger partial charge is 2.00 e. The van der Waals surface area contributed by atoms with Crippen LogP contribution in [0.2, 0.25) is 0 Å². The summed E-state index contributed by atoms with van der Waals surface area (Å²) in [7, 11) is 0. The van der Waals surface area contributed by atoms with E-state index in [2.05, 4.69) is 0 Å². The van der Waals surface area contributed by atoms with Crippen LogP contribution in [0.3, 0.4) is 0 Å². The minimum absolute atomic E-state index is 0. The van der Waals surface area contributed by atoms with Gasteiger partial charge in [0.1, 0.15) is 0 Å². The molecule has 0 radical (unpaired) electrons. The molecule has 0 heterocycles. The Balaban J connectivity index is 0.000000443. The molecule has 0 saturated carbocycles. The van der Waals surface area contributed by atoms with E-state index in [1.807, 2.05) is 27.7 Å². The van der Waals surface area contributed by atoms with Crippen molar-refractivity contribution in [2.24, 2.45) is 0 Å².